The van der Waals surface area contributed by atoms with Gasteiger partial charge >= 0.3 is 12.4 Å². The largest absolute Gasteiger partial charge is 0.435 e. The third kappa shape index (κ3) is 6.55. The molecule has 4 aromatic heterocycles. The van der Waals surface area contributed by atoms with Gasteiger partial charge in [-0.25, -0.2) is 0 Å². The lowest BCUT2D eigenvalue weighted by Gasteiger charge is -2.08. The maximum Gasteiger partial charge on any atom is 0.435 e. The van der Waals surface area contributed by atoms with E-state index in [1.54, 1.807) is 19.1 Å². The van der Waals surface area contributed by atoms with E-state index in [2.05, 4.69) is 46.5 Å². The topological polar surface area (TPSA) is 135 Å². The van der Waals surface area contributed by atoms with Gasteiger partial charge in [0.1, 0.15) is 17.8 Å². The molecule has 202 valence electrons. The number of alkyl halides is 7. The fourth-order valence-electron chi connectivity index (χ4n) is 3.36. The van der Waals surface area contributed by atoms with Crippen LogP contribution in [0.4, 0.5) is 26.3 Å². The average Bonchev–Trinajstić information content (AvgIpc) is 3.46. The predicted octanol–water partition coefficient (Wildman–Crippen LogP) is 4.74. The highest BCUT2D eigenvalue weighted by molar-refractivity contribution is 9.08. The molecule has 0 unspecified atom stereocenters. The minimum Gasteiger partial charge on any atom is -0.275 e. The third-order valence-corrected chi connectivity index (χ3v) is 5.54. The Labute approximate surface area is 224 Å². The molecule has 17 heteroatoms. The van der Waals surface area contributed by atoms with Gasteiger partial charge in [0.15, 0.2) is 22.8 Å². The summed E-state index contributed by atoms with van der Waals surface area (Å²) in [7, 11) is 2.79. The Morgan fingerprint density at radius 3 is 1.62 bits per heavy atom. The summed E-state index contributed by atoms with van der Waals surface area (Å²) >= 11 is 3.17. The molecule has 0 saturated heterocycles. The first-order valence-corrected chi connectivity index (χ1v) is 11.6. The number of hydrogen-bond donors (Lipinski definition) is 0. The zero-order chi connectivity index (χ0) is 29.1. The first-order valence-electron chi connectivity index (χ1n) is 10.5. The van der Waals surface area contributed by atoms with Crippen LogP contribution in [0.3, 0.4) is 0 Å². The Kier molecular flexibility index (Phi) is 8.35. The summed E-state index contributed by atoms with van der Waals surface area (Å²) in [6.45, 7) is 1.57. The summed E-state index contributed by atoms with van der Waals surface area (Å²) in [5.41, 5.74) is -1.26. The third-order valence-electron chi connectivity index (χ3n) is 4.94. The van der Waals surface area contributed by atoms with E-state index in [0.717, 1.165) is 9.36 Å². The van der Waals surface area contributed by atoms with Crippen molar-refractivity contribution in [1.29, 1.82) is 10.5 Å². The minimum atomic E-state index is -4.59. The number of hydrogen-bond acceptors (Lipinski definition) is 8. The molecule has 4 heterocycles. The summed E-state index contributed by atoms with van der Waals surface area (Å²) in [5, 5.41) is 39.0. The van der Waals surface area contributed by atoms with Crippen molar-refractivity contribution in [1.82, 2.24) is 40.0 Å². The normalized spacial score (nSPS) is 11.4. The van der Waals surface area contributed by atoms with Crippen molar-refractivity contribution < 1.29 is 26.3 Å². The summed E-state index contributed by atoms with van der Waals surface area (Å²) in [6.07, 6.45) is -6.70. The molecule has 0 aliphatic rings. The Morgan fingerprint density at radius 1 is 0.769 bits per heavy atom. The number of rotatable bonds is 3. The van der Waals surface area contributed by atoms with Crippen molar-refractivity contribution in [2.75, 3.05) is 0 Å². The molecule has 0 aliphatic heterocycles. The van der Waals surface area contributed by atoms with E-state index >= 15 is 0 Å². The van der Waals surface area contributed by atoms with Crippen molar-refractivity contribution in [3.63, 3.8) is 0 Å². The molecule has 4 aromatic rings. The monoisotopic (exact) mass is 612 g/mol. The van der Waals surface area contributed by atoms with Gasteiger partial charge in [-0.15, -0.1) is 20.4 Å². The molecule has 0 bridgehead atoms. The molecule has 10 nitrogen and oxygen atoms in total. The zero-order valence-corrected chi connectivity index (χ0v) is 21.7. The van der Waals surface area contributed by atoms with Crippen molar-refractivity contribution in [3.8, 4) is 34.7 Å². The Morgan fingerprint density at radius 2 is 1.21 bits per heavy atom. The fraction of sp³-hybridized carbons (Fsp3) is 0.273. The lowest BCUT2D eigenvalue weighted by molar-refractivity contribution is -0.141. The number of aryl methyl sites for hydroxylation is 3. The number of halogens is 7. The number of aromatic nitrogens is 8. The highest BCUT2D eigenvalue weighted by atomic mass is 79.9. The predicted molar refractivity (Wildman–Crippen MR) is 125 cm³/mol. The van der Waals surface area contributed by atoms with Gasteiger partial charge in [0, 0.05) is 31.8 Å². The van der Waals surface area contributed by atoms with Gasteiger partial charge in [-0.1, -0.05) is 15.9 Å². The second-order valence-electron chi connectivity index (χ2n) is 7.85. The molecule has 39 heavy (non-hydrogen) atoms. The lowest BCUT2D eigenvalue weighted by Crippen LogP contribution is -2.09. The van der Waals surface area contributed by atoms with Gasteiger partial charge in [-0.3, -0.25) is 9.36 Å². The lowest BCUT2D eigenvalue weighted by atomic mass is 10.1. The molecule has 4 rings (SSSR count). The van der Waals surface area contributed by atoms with Crippen LogP contribution in [0.15, 0.2) is 24.5 Å². The van der Waals surface area contributed by atoms with Crippen LogP contribution in [0.25, 0.3) is 22.5 Å². The maximum atomic E-state index is 12.9. The summed E-state index contributed by atoms with van der Waals surface area (Å²) in [4.78, 5) is 0. The number of nitriles is 2. The highest BCUT2D eigenvalue weighted by Gasteiger charge is 2.39. The molecule has 0 aromatic carbocycles. The molecule has 0 saturated carbocycles. The number of nitrogens with zero attached hydrogens (tertiary/aromatic N) is 10. The molecule has 0 spiro atoms. The SMILES string of the molecule is Cc1cc(C#N)nnc1-c1cn(C)nc1C(F)(F)F.Cn1cc(-c2nnc(C#N)cc2CBr)c(C(F)(F)F)n1. The summed E-state index contributed by atoms with van der Waals surface area (Å²) in [5.74, 6) is 0. The molecule has 0 N–H and O–H groups in total. The van der Waals surface area contributed by atoms with Gasteiger partial charge in [-0.05, 0) is 30.2 Å². The van der Waals surface area contributed by atoms with Crippen LogP contribution in [-0.4, -0.2) is 40.0 Å². The van der Waals surface area contributed by atoms with Crippen LogP contribution in [0, 0.1) is 29.6 Å². The van der Waals surface area contributed by atoms with Crippen molar-refractivity contribution >= 4 is 15.9 Å². The van der Waals surface area contributed by atoms with Crippen LogP contribution in [0.5, 0.6) is 0 Å². The smallest absolute Gasteiger partial charge is 0.275 e. The molecular weight excluding hydrogens is 598 g/mol. The molecule has 0 radical (unpaired) electrons. The molecule has 0 amide bonds. The summed E-state index contributed by atoms with van der Waals surface area (Å²) in [6, 6.07) is 6.35. The second-order valence-corrected chi connectivity index (χ2v) is 8.41. The molecule has 0 atom stereocenters. The first-order chi connectivity index (χ1) is 18.2. The van der Waals surface area contributed by atoms with E-state index in [-0.39, 0.29) is 39.2 Å². The van der Waals surface area contributed by atoms with E-state index in [4.69, 9.17) is 10.5 Å². The van der Waals surface area contributed by atoms with Crippen LogP contribution in [0.1, 0.15) is 33.9 Å². The fourth-order valence-corrected chi connectivity index (χ4v) is 3.79. The molecule has 0 fully saturated rings. The van der Waals surface area contributed by atoms with Crippen LogP contribution in [-0.2, 0) is 31.8 Å². The standard InChI is InChI=1S/C11H7BrF3N5.C11H8F3N5/c1-20-5-8(10(19-20)11(13,14)15)9-6(3-12)2-7(4-16)17-18-9;1-6-3-7(4-15)16-17-9(6)8-5-19(2)18-10(8)11(12,13)14/h2,5H,3H2,1H3;3,5H,1-2H3. The van der Waals surface area contributed by atoms with E-state index in [1.165, 1.54) is 38.6 Å². The van der Waals surface area contributed by atoms with E-state index in [1.807, 2.05) is 0 Å². The zero-order valence-electron chi connectivity index (χ0n) is 20.1. The van der Waals surface area contributed by atoms with Crippen molar-refractivity contribution in [2.45, 2.75) is 24.6 Å². The van der Waals surface area contributed by atoms with E-state index < -0.39 is 23.7 Å². The van der Waals surface area contributed by atoms with Crippen LogP contribution >= 0.6 is 15.9 Å². The average molecular weight is 613 g/mol. The van der Waals surface area contributed by atoms with Crippen molar-refractivity contribution in [2.24, 2.45) is 14.1 Å². The summed E-state index contributed by atoms with van der Waals surface area (Å²) < 4.78 is 79.5. The molecule has 0 aliphatic carbocycles. The molecular formula is C22H15BrF6N10. The van der Waals surface area contributed by atoms with Gasteiger partial charge in [0.25, 0.3) is 0 Å². The van der Waals surface area contributed by atoms with Crippen LogP contribution in [0.2, 0.25) is 0 Å². The highest BCUT2D eigenvalue weighted by Crippen LogP contribution is 2.37. The van der Waals surface area contributed by atoms with Gasteiger partial charge in [0.2, 0.25) is 0 Å². The van der Waals surface area contributed by atoms with Crippen molar-refractivity contribution in [3.05, 3.63) is 58.4 Å². The second kappa shape index (κ2) is 11.2. The van der Waals surface area contributed by atoms with E-state index in [0.29, 0.717) is 11.1 Å². The van der Waals surface area contributed by atoms with Crippen LogP contribution < -0.4 is 0 Å². The Bertz CT molecular complexity index is 1590. The van der Waals surface area contributed by atoms with Gasteiger partial charge in [0.05, 0.1) is 16.8 Å². The van der Waals surface area contributed by atoms with E-state index in [9.17, 15) is 26.3 Å². The van der Waals surface area contributed by atoms with Gasteiger partial charge in [-0.2, -0.15) is 47.1 Å². The van der Waals surface area contributed by atoms with Gasteiger partial charge < -0.3 is 0 Å². The maximum absolute atomic E-state index is 12.9. The quantitative estimate of drug-likeness (QED) is 0.239. The Balaban J connectivity index is 0.000000216. The first kappa shape index (κ1) is 29.2. The Hall–Kier alpha value is -4.38. The minimum absolute atomic E-state index is 0.0423.